The minimum atomic E-state index is -0.437. The average molecular weight is 1070 g/mol. The van der Waals surface area contributed by atoms with Crippen molar-refractivity contribution in [3.8, 4) is 44.5 Å². The molecule has 2 N–H and O–H groups in total. The zero-order valence-corrected chi connectivity index (χ0v) is 46.4. The molecule has 0 fully saturated rings. The first-order chi connectivity index (χ1) is 38.4. The lowest BCUT2D eigenvalue weighted by molar-refractivity contribution is 0.0490. The van der Waals surface area contributed by atoms with Gasteiger partial charge >= 0.3 is 0 Å². The van der Waals surface area contributed by atoms with Crippen LogP contribution in [0.15, 0.2) is 109 Å². The summed E-state index contributed by atoms with van der Waals surface area (Å²) < 4.78 is 60.0. The highest BCUT2D eigenvalue weighted by Gasteiger charge is 2.45. The molecule has 0 spiro atoms. The van der Waals surface area contributed by atoms with E-state index in [1.807, 2.05) is 12.1 Å². The Kier molecular flexibility index (Phi) is 20.3. The topological polar surface area (TPSA) is 138 Å². The van der Waals surface area contributed by atoms with Gasteiger partial charge < -0.3 is 62.1 Å². The number of nitrogens with zero attached hydrogens (tertiary/aromatic N) is 1. The molecule has 0 bridgehead atoms. The number of aliphatic hydroxyl groups is 2. The minimum absolute atomic E-state index is 0.0435. The number of methoxy groups -OCH3 is 5. The summed E-state index contributed by atoms with van der Waals surface area (Å²) >= 11 is 0. The van der Waals surface area contributed by atoms with Crippen molar-refractivity contribution in [2.45, 2.75) is 56.3 Å². The first kappa shape index (κ1) is 57.3. The van der Waals surface area contributed by atoms with Gasteiger partial charge in [0.15, 0.2) is 0 Å². The molecule has 0 aliphatic heterocycles. The number of fused-ring (bicyclic) bond motifs is 9. The van der Waals surface area contributed by atoms with Crippen LogP contribution >= 0.6 is 0 Å². The number of ether oxygens (including phenoxy) is 10. The molecule has 9 rings (SSSR count). The van der Waals surface area contributed by atoms with Crippen molar-refractivity contribution in [2.24, 2.45) is 0 Å². The highest BCUT2D eigenvalue weighted by Crippen LogP contribution is 2.56. The van der Waals surface area contributed by atoms with E-state index in [9.17, 15) is 10.2 Å². The van der Waals surface area contributed by atoms with Crippen molar-refractivity contribution in [2.75, 3.05) is 135 Å². The Labute approximate surface area is 460 Å². The summed E-state index contributed by atoms with van der Waals surface area (Å²) in [6, 6.07) is 40.3. The summed E-state index contributed by atoms with van der Waals surface area (Å²) in [5.41, 5.74) is 17.2. The van der Waals surface area contributed by atoms with Gasteiger partial charge in [0.25, 0.3) is 0 Å². The molecular weight excluding hydrogens is 987 g/mol. The lowest BCUT2D eigenvalue weighted by Gasteiger charge is -2.33. The van der Waals surface area contributed by atoms with Crippen LogP contribution in [0, 0.1) is 0 Å². The quantitative estimate of drug-likeness (QED) is 0.0372. The normalized spacial score (nSPS) is 13.9. The average Bonchev–Trinajstić information content (AvgIpc) is 4.11. The molecule has 0 saturated heterocycles. The molecule has 0 atom stereocenters. The summed E-state index contributed by atoms with van der Waals surface area (Å²) in [4.78, 5) is 0. The molecule has 1 heterocycles. The number of hydrogen-bond acceptors (Lipinski definition) is 12. The molecular formula is C65H79NO12. The van der Waals surface area contributed by atoms with E-state index in [0.717, 1.165) is 80.9 Å². The molecule has 1 aromatic heterocycles. The van der Waals surface area contributed by atoms with E-state index in [1.165, 1.54) is 44.5 Å². The van der Waals surface area contributed by atoms with Crippen LogP contribution < -0.4 is 0 Å². The van der Waals surface area contributed by atoms with E-state index in [1.54, 1.807) is 35.5 Å². The Morgan fingerprint density at radius 1 is 0.333 bits per heavy atom. The summed E-state index contributed by atoms with van der Waals surface area (Å²) in [7, 11) is 8.46. The maximum Gasteiger partial charge on any atom is 0.0701 e. The number of benzene rings is 6. The van der Waals surface area contributed by atoms with Gasteiger partial charge in [-0.15, -0.1) is 0 Å². The third kappa shape index (κ3) is 12.2. The smallest absolute Gasteiger partial charge is 0.0701 e. The van der Waals surface area contributed by atoms with Crippen LogP contribution in [-0.4, -0.2) is 149 Å². The van der Waals surface area contributed by atoms with E-state index in [0.29, 0.717) is 106 Å². The minimum Gasteiger partial charge on any atom is -0.392 e. The van der Waals surface area contributed by atoms with E-state index in [4.69, 9.17) is 47.4 Å². The van der Waals surface area contributed by atoms with Crippen molar-refractivity contribution in [1.29, 1.82) is 0 Å². The Morgan fingerprint density at radius 3 is 0.987 bits per heavy atom. The van der Waals surface area contributed by atoms with Crippen molar-refractivity contribution in [1.82, 2.24) is 4.57 Å². The van der Waals surface area contributed by atoms with E-state index in [2.05, 4.69) is 102 Å². The molecule has 0 saturated carbocycles. The van der Waals surface area contributed by atoms with Crippen LogP contribution in [0.2, 0.25) is 0 Å². The molecule has 416 valence electrons. The van der Waals surface area contributed by atoms with Crippen molar-refractivity contribution in [3.63, 3.8) is 0 Å². The largest absolute Gasteiger partial charge is 0.392 e. The second kappa shape index (κ2) is 27.7. The van der Waals surface area contributed by atoms with Crippen LogP contribution in [0.25, 0.3) is 66.3 Å². The van der Waals surface area contributed by atoms with Gasteiger partial charge in [-0.2, -0.15) is 0 Å². The fourth-order valence-corrected chi connectivity index (χ4v) is 12.0. The lowest BCUT2D eigenvalue weighted by Crippen LogP contribution is -2.30. The molecule has 2 aliphatic rings. The third-order valence-electron chi connectivity index (χ3n) is 16.1. The monoisotopic (exact) mass is 1070 g/mol. The standard InChI is InChI=1S/C65H79NO12/c1-69-28-33-74-23-18-64(19-24-75-34-29-70-2)58-38-46(44-67)6-12-52(58)54-14-8-50(42-60(54)64)48-10-16-62-56(40-48)57-41-49(11-17-63(57)66(62)22-27-78-37-32-73-5)51-9-15-55-53-13-7-47(45-68)39-59(53)65(61(55)43-51,20-25-76-35-30-71-3)21-26-77-36-31-72-4/h6-17,38-43,67-68H,18-37,44-45H2,1-5H3. The van der Waals surface area contributed by atoms with Gasteiger partial charge in [-0.3, -0.25) is 0 Å². The van der Waals surface area contributed by atoms with Gasteiger partial charge in [0.1, 0.15) is 0 Å². The van der Waals surface area contributed by atoms with Gasteiger partial charge in [-0.05, 0) is 140 Å². The maximum absolute atomic E-state index is 10.4. The molecule has 13 nitrogen and oxygen atoms in total. The van der Waals surface area contributed by atoms with Gasteiger partial charge in [0.2, 0.25) is 0 Å². The number of aromatic nitrogens is 1. The van der Waals surface area contributed by atoms with Gasteiger partial charge in [-0.1, -0.05) is 72.8 Å². The predicted octanol–water partition coefficient (Wildman–Crippen LogP) is 10.5. The van der Waals surface area contributed by atoms with E-state index in [-0.39, 0.29) is 13.2 Å². The van der Waals surface area contributed by atoms with Crippen LogP contribution in [0.1, 0.15) is 59.1 Å². The number of aliphatic hydroxyl groups excluding tert-OH is 2. The Balaban J connectivity index is 1.15. The summed E-state index contributed by atoms with van der Waals surface area (Å²) in [5.74, 6) is 0. The van der Waals surface area contributed by atoms with E-state index < -0.39 is 10.8 Å². The predicted molar refractivity (Wildman–Crippen MR) is 307 cm³/mol. The first-order valence-electron chi connectivity index (χ1n) is 27.6. The fourth-order valence-electron chi connectivity index (χ4n) is 12.0. The van der Waals surface area contributed by atoms with Crippen LogP contribution in [-0.2, 0) is 78.0 Å². The zero-order chi connectivity index (χ0) is 54.3. The molecule has 7 aromatic rings. The van der Waals surface area contributed by atoms with Crippen LogP contribution in [0.5, 0.6) is 0 Å². The summed E-state index contributed by atoms with van der Waals surface area (Å²) in [5, 5.41) is 23.1. The second-order valence-corrected chi connectivity index (χ2v) is 20.4. The van der Waals surface area contributed by atoms with Gasteiger partial charge in [0.05, 0.1) is 85.9 Å². The van der Waals surface area contributed by atoms with Crippen LogP contribution in [0.3, 0.4) is 0 Å². The van der Waals surface area contributed by atoms with Crippen molar-refractivity contribution >= 4 is 21.8 Å². The Morgan fingerprint density at radius 2 is 0.641 bits per heavy atom. The maximum atomic E-state index is 10.4. The molecule has 13 heteroatoms. The Hall–Kier alpha value is -5.36. The molecule has 78 heavy (non-hydrogen) atoms. The fraction of sp³-hybridized carbons (Fsp3) is 0.446. The lowest BCUT2D eigenvalue weighted by atomic mass is 9.72. The van der Waals surface area contributed by atoms with Gasteiger partial charge in [-0.25, -0.2) is 0 Å². The first-order valence-corrected chi connectivity index (χ1v) is 27.6. The third-order valence-corrected chi connectivity index (χ3v) is 16.1. The molecule has 0 radical (unpaired) electrons. The van der Waals surface area contributed by atoms with Gasteiger partial charge in [0, 0.05) is 101 Å². The Bertz CT molecular complexity index is 2850. The summed E-state index contributed by atoms with van der Waals surface area (Å²) in [6.07, 6.45) is 2.92. The molecule has 0 amide bonds. The van der Waals surface area contributed by atoms with Crippen LogP contribution in [0.4, 0.5) is 0 Å². The zero-order valence-electron chi connectivity index (χ0n) is 46.4. The van der Waals surface area contributed by atoms with Crippen molar-refractivity contribution in [3.05, 3.63) is 143 Å². The molecule has 6 aromatic carbocycles. The molecule has 0 unspecified atom stereocenters. The summed E-state index contributed by atoms with van der Waals surface area (Å²) in [6.45, 7) is 8.43. The second-order valence-electron chi connectivity index (χ2n) is 20.4. The molecule has 2 aliphatic carbocycles. The highest BCUT2D eigenvalue weighted by atomic mass is 16.5. The number of hydrogen-bond donors (Lipinski definition) is 2. The van der Waals surface area contributed by atoms with Crippen molar-refractivity contribution < 1.29 is 57.6 Å². The SMILES string of the molecule is COCCOCCn1c2ccc(-c3ccc4c(c3)C(CCOCCOC)(CCOCCOC)c3cc(CO)ccc3-4)cc2c2cc(-c3ccc4c(c3)C(CCOCCOC)(CCOCCOC)c3cc(CO)ccc3-4)ccc21. The number of rotatable bonds is 34. The highest BCUT2D eigenvalue weighted by molar-refractivity contribution is 6.10. The van der Waals surface area contributed by atoms with E-state index >= 15 is 0 Å².